The molecule has 0 radical (unpaired) electrons. The predicted octanol–water partition coefficient (Wildman–Crippen LogP) is 0.594. The molecule has 1 aromatic carbocycles. The van der Waals surface area contributed by atoms with Gasteiger partial charge in [0.25, 0.3) is 10.9 Å². The number of hydrogen-bond acceptors (Lipinski definition) is 6. The Morgan fingerprint density at radius 3 is 2.15 bits per heavy atom. The molecule has 0 atom stereocenters. The standard InChI is InChI=1S/C14H24N2O4/c1-4-5-6-15-11-12(14(18)13(11)17)16(7-9-19-2)8-10-20-3/h15H,4-10H2,1-3H3. The molecule has 0 heterocycles. The molecular formula is C14H24N2O4. The molecular weight excluding hydrogens is 260 g/mol. The molecule has 1 rings (SSSR count). The van der Waals surface area contributed by atoms with Crippen molar-refractivity contribution >= 4 is 11.4 Å². The molecule has 1 aromatic rings. The normalized spacial score (nSPS) is 10.9. The van der Waals surface area contributed by atoms with E-state index in [1.807, 2.05) is 4.90 Å². The molecule has 0 spiro atoms. The molecule has 0 aliphatic rings. The summed E-state index contributed by atoms with van der Waals surface area (Å²) in [4.78, 5) is 25.3. The highest BCUT2D eigenvalue weighted by Gasteiger charge is 2.25. The van der Waals surface area contributed by atoms with Gasteiger partial charge in [-0.15, -0.1) is 0 Å². The predicted molar refractivity (Wildman–Crippen MR) is 80.7 cm³/mol. The molecule has 0 bridgehead atoms. The minimum absolute atomic E-state index is 0.420. The number of nitrogens with zero attached hydrogens (tertiary/aromatic N) is 1. The average Bonchev–Trinajstić information content (AvgIpc) is 2.47. The van der Waals surface area contributed by atoms with E-state index in [-0.39, 0.29) is 0 Å². The highest BCUT2D eigenvalue weighted by molar-refractivity contribution is 5.75. The zero-order valence-electron chi connectivity index (χ0n) is 12.5. The van der Waals surface area contributed by atoms with E-state index < -0.39 is 10.9 Å². The minimum atomic E-state index is -0.420. The molecule has 0 unspecified atom stereocenters. The number of methoxy groups -OCH3 is 2. The van der Waals surface area contributed by atoms with E-state index in [0.717, 1.165) is 12.8 Å². The molecule has 114 valence electrons. The van der Waals surface area contributed by atoms with Crippen molar-refractivity contribution in [3.05, 3.63) is 20.4 Å². The number of ether oxygens (including phenoxy) is 2. The van der Waals surface area contributed by atoms with Gasteiger partial charge in [-0.3, -0.25) is 9.59 Å². The van der Waals surface area contributed by atoms with Crippen molar-refractivity contribution in [2.24, 2.45) is 0 Å². The van der Waals surface area contributed by atoms with Gasteiger partial charge in [0.2, 0.25) is 0 Å². The molecule has 6 heteroatoms. The van der Waals surface area contributed by atoms with Gasteiger partial charge >= 0.3 is 0 Å². The molecule has 0 fully saturated rings. The van der Waals surface area contributed by atoms with Gasteiger partial charge in [-0.2, -0.15) is 0 Å². The second-order valence-corrected chi connectivity index (χ2v) is 4.63. The fraction of sp³-hybridized carbons (Fsp3) is 0.714. The third kappa shape index (κ3) is 4.05. The molecule has 0 saturated heterocycles. The van der Waals surface area contributed by atoms with Crippen molar-refractivity contribution in [2.75, 3.05) is 57.3 Å². The van der Waals surface area contributed by atoms with E-state index in [1.165, 1.54) is 0 Å². The van der Waals surface area contributed by atoms with Crippen molar-refractivity contribution in [3.8, 4) is 0 Å². The molecule has 0 amide bonds. The first kappa shape index (κ1) is 16.7. The summed E-state index contributed by atoms with van der Waals surface area (Å²) >= 11 is 0. The zero-order chi connectivity index (χ0) is 15.0. The second kappa shape index (κ2) is 8.71. The third-order valence-electron chi connectivity index (χ3n) is 3.16. The van der Waals surface area contributed by atoms with E-state index in [1.54, 1.807) is 14.2 Å². The molecule has 6 nitrogen and oxygen atoms in total. The fourth-order valence-electron chi connectivity index (χ4n) is 1.97. The third-order valence-corrected chi connectivity index (χ3v) is 3.16. The number of anilines is 2. The first-order valence-corrected chi connectivity index (χ1v) is 6.97. The zero-order valence-corrected chi connectivity index (χ0v) is 12.5. The largest absolute Gasteiger partial charge is 0.383 e. The van der Waals surface area contributed by atoms with Gasteiger partial charge in [0, 0.05) is 33.9 Å². The topological polar surface area (TPSA) is 67.9 Å². The summed E-state index contributed by atoms with van der Waals surface area (Å²) in [6.45, 7) is 4.90. The Kier molecular flexibility index (Phi) is 7.25. The number of hydrogen-bond donors (Lipinski definition) is 1. The van der Waals surface area contributed by atoms with Crippen molar-refractivity contribution in [1.82, 2.24) is 0 Å². The highest BCUT2D eigenvalue weighted by Crippen LogP contribution is 2.19. The smallest absolute Gasteiger partial charge is 0.253 e. The Labute approximate surface area is 119 Å². The van der Waals surface area contributed by atoms with Crippen LogP contribution in [0.5, 0.6) is 0 Å². The Hall–Kier alpha value is -1.40. The van der Waals surface area contributed by atoms with Crippen LogP contribution in [0.25, 0.3) is 0 Å². The first-order chi connectivity index (χ1) is 9.67. The number of rotatable bonds is 11. The van der Waals surface area contributed by atoms with Crippen molar-refractivity contribution < 1.29 is 9.47 Å². The van der Waals surface area contributed by atoms with Crippen LogP contribution in [0.3, 0.4) is 0 Å². The molecule has 0 aliphatic carbocycles. The summed E-state index contributed by atoms with van der Waals surface area (Å²) < 4.78 is 10.1. The van der Waals surface area contributed by atoms with E-state index in [4.69, 9.17) is 9.47 Å². The van der Waals surface area contributed by atoms with Crippen LogP contribution in [-0.2, 0) is 9.47 Å². The van der Waals surface area contributed by atoms with Gasteiger partial charge in [-0.05, 0) is 6.42 Å². The maximum atomic E-state index is 11.8. The Balaban J connectivity index is 2.80. The monoisotopic (exact) mass is 284 g/mol. The molecule has 0 aromatic heterocycles. The average molecular weight is 284 g/mol. The number of unbranched alkanes of at least 4 members (excludes halogenated alkanes) is 1. The van der Waals surface area contributed by atoms with Crippen LogP contribution in [0, 0.1) is 0 Å². The lowest BCUT2D eigenvalue weighted by atomic mass is 10.1. The summed E-state index contributed by atoms with van der Waals surface area (Å²) in [5.41, 5.74) is 0.0722. The van der Waals surface area contributed by atoms with Crippen molar-refractivity contribution in [1.29, 1.82) is 0 Å². The summed E-state index contributed by atoms with van der Waals surface area (Å²) in [6, 6.07) is 0. The summed E-state index contributed by atoms with van der Waals surface area (Å²) in [5, 5.41) is 3.07. The van der Waals surface area contributed by atoms with E-state index in [2.05, 4.69) is 12.2 Å². The lowest BCUT2D eigenvalue weighted by molar-refractivity contribution is 0.190. The SMILES string of the molecule is CCCCNc1c(N(CCOC)CCOC)c(=O)c1=O. The Bertz CT molecular complexity index is 458. The molecule has 0 aliphatic heterocycles. The maximum absolute atomic E-state index is 11.8. The van der Waals surface area contributed by atoms with Gasteiger partial charge in [0.1, 0.15) is 11.4 Å². The molecule has 0 saturated carbocycles. The Morgan fingerprint density at radius 1 is 1.05 bits per heavy atom. The van der Waals surface area contributed by atoms with Gasteiger partial charge in [-0.25, -0.2) is 0 Å². The quantitative estimate of drug-likeness (QED) is 0.474. The second-order valence-electron chi connectivity index (χ2n) is 4.63. The molecule has 20 heavy (non-hydrogen) atoms. The summed E-state index contributed by atoms with van der Waals surface area (Å²) in [7, 11) is 3.22. The van der Waals surface area contributed by atoms with Crippen LogP contribution >= 0.6 is 0 Å². The van der Waals surface area contributed by atoms with Crippen LogP contribution in [-0.4, -0.2) is 47.1 Å². The number of nitrogens with one attached hydrogen (secondary N) is 1. The first-order valence-electron chi connectivity index (χ1n) is 6.97. The van der Waals surface area contributed by atoms with E-state index in [9.17, 15) is 9.59 Å². The van der Waals surface area contributed by atoms with Gasteiger partial charge in [0.15, 0.2) is 0 Å². The van der Waals surface area contributed by atoms with Crippen LogP contribution in [0.1, 0.15) is 19.8 Å². The van der Waals surface area contributed by atoms with E-state index in [0.29, 0.717) is 44.2 Å². The van der Waals surface area contributed by atoms with Crippen LogP contribution in [0.4, 0.5) is 11.4 Å². The van der Waals surface area contributed by atoms with Gasteiger partial charge < -0.3 is 19.7 Å². The summed E-state index contributed by atoms with van der Waals surface area (Å²) in [6.07, 6.45) is 2.00. The lowest BCUT2D eigenvalue weighted by Crippen LogP contribution is -2.45. The minimum Gasteiger partial charge on any atom is -0.383 e. The maximum Gasteiger partial charge on any atom is 0.253 e. The Morgan fingerprint density at radius 2 is 1.65 bits per heavy atom. The lowest BCUT2D eigenvalue weighted by Gasteiger charge is -2.27. The fourth-order valence-corrected chi connectivity index (χ4v) is 1.97. The highest BCUT2D eigenvalue weighted by atomic mass is 16.5. The molecule has 1 N–H and O–H groups in total. The van der Waals surface area contributed by atoms with Crippen LogP contribution < -0.4 is 21.1 Å². The van der Waals surface area contributed by atoms with Crippen molar-refractivity contribution in [3.63, 3.8) is 0 Å². The summed E-state index contributed by atoms with van der Waals surface area (Å²) in [5.74, 6) is 0. The van der Waals surface area contributed by atoms with Crippen LogP contribution in [0.2, 0.25) is 0 Å². The van der Waals surface area contributed by atoms with Crippen LogP contribution in [0.15, 0.2) is 9.59 Å². The van der Waals surface area contributed by atoms with Crippen molar-refractivity contribution in [2.45, 2.75) is 19.8 Å². The van der Waals surface area contributed by atoms with Gasteiger partial charge in [0.05, 0.1) is 13.2 Å². The van der Waals surface area contributed by atoms with Gasteiger partial charge in [-0.1, -0.05) is 13.3 Å². The van der Waals surface area contributed by atoms with E-state index >= 15 is 0 Å².